The lowest BCUT2D eigenvalue weighted by Crippen LogP contribution is -2.55. The predicted molar refractivity (Wildman–Crippen MR) is 111 cm³/mol. The summed E-state index contributed by atoms with van der Waals surface area (Å²) in [4.78, 5) is 12.8. The number of amides is 1. The van der Waals surface area contributed by atoms with Crippen molar-refractivity contribution in [2.45, 2.75) is 30.5 Å². The van der Waals surface area contributed by atoms with Crippen LogP contribution in [-0.2, 0) is 4.74 Å². The summed E-state index contributed by atoms with van der Waals surface area (Å²) < 4.78 is 5.58. The maximum Gasteiger partial charge on any atom is 0.255 e. The van der Waals surface area contributed by atoms with Gasteiger partial charge in [0.25, 0.3) is 5.91 Å². The highest BCUT2D eigenvalue weighted by atomic mass is 16.5. The Balaban J connectivity index is 1.55. The van der Waals surface area contributed by atoms with Gasteiger partial charge in [0.05, 0.1) is 6.61 Å². The average Bonchev–Trinajstić information content (AvgIpc) is 2.78. The molecule has 7 heteroatoms. The normalized spacial score (nSPS) is 26.5. The molecule has 0 bridgehead atoms. The van der Waals surface area contributed by atoms with E-state index in [-0.39, 0.29) is 5.91 Å². The van der Waals surface area contributed by atoms with Crippen LogP contribution >= 0.6 is 0 Å². The summed E-state index contributed by atoms with van der Waals surface area (Å²) in [5, 5.41) is 44.6. The molecule has 4 rings (SSSR count). The number of hydrogen-bond donors (Lipinski definition) is 5. The van der Waals surface area contributed by atoms with Crippen LogP contribution in [0.5, 0.6) is 0 Å². The van der Waals surface area contributed by atoms with Gasteiger partial charge in [-0.05, 0) is 40.6 Å². The fourth-order valence-electron chi connectivity index (χ4n) is 3.70. The molecule has 0 aliphatic carbocycles. The van der Waals surface area contributed by atoms with E-state index in [9.17, 15) is 25.2 Å². The first-order valence-electron chi connectivity index (χ1n) is 9.68. The van der Waals surface area contributed by atoms with E-state index in [2.05, 4.69) is 5.32 Å². The van der Waals surface area contributed by atoms with Crippen molar-refractivity contribution < 1.29 is 30.0 Å². The number of anilines is 1. The first-order chi connectivity index (χ1) is 14.5. The highest BCUT2D eigenvalue weighted by molar-refractivity contribution is 6.05. The Labute approximate surface area is 173 Å². The minimum Gasteiger partial charge on any atom is -0.394 e. The molecule has 0 radical (unpaired) electrons. The minimum atomic E-state index is -1.48. The van der Waals surface area contributed by atoms with Crippen LogP contribution in [0, 0.1) is 0 Å². The number of benzene rings is 3. The second-order valence-electron chi connectivity index (χ2n) is 7.39. The van der Waals surface area contributed by atoms with Crippen molar-refractivity contribution in [2.75, 3.05) is 11.9 Å². The molecule has 1 saturated heterocycles. The zero-order chi connectivity index (χ0) is 21.3. The highest BCUT2D eigenvalue weighted by Gasteiger charge is 2.44. The maximum atomic E-state index is 12.8. The molecule has 0 aromatic heterocycles. The van der Waals surface area contributed by atoms with Gasteiger partial charge in [0, 0.05) is 11.3 Å². The van der Waals surface area contributed by atoms with E-state index in [0.29, 0.717) is 16.8 Å². The summed E-state index contributed by atoms with van der Waals surface area (Å²) in [6, 6.07) is 19.9. The van der Waals surface area contributed by atoms with Gasteiger partial charge in [0.1, 0.15) is 30.5 Å². The van der Waals surface area contributed by atoms with Gasteiger partial charge in [-0.25, -0.2) is 0 Å². The molecule has 30 heavy (non-hydrogen) atoms. The van der Waals surface area contributed by atoms with Crippen LogP contribution in [0.1, 0.15) is 22.0 Å². The van der Waals surface area contributed by atoms with Crippen LogP contribution in [0.2, 0.25) is 0 Å². The molecule has 1 heterocycles. The second kappa shape index (κ2) is 8.51. The van der Waals surface area contributed by atoms with Gasteiger partial charge in [0.2, 0.25) is 0 Å². The monoisotopic (exact) mass is 409 g/mol. The molecule has 3 aromatic rings. The van der Waals surface area contributed by atoms with Crippen molar-refractivity contribution in [1.82, 2.24) is 0 Å². The maximum absolute atomic E-state index is 12.8. The number of aliphatic hydroxyl groups excluding tert-OH is 4. The Morgan fingerprint density at radius 1 is 0.867 bits per heavy atom. The molecule has 0 spiro atoms. The number of aliphatic hydroxyl groups is 4. The smallest absolute Gasteiger partial charge is 0.255 e. The van der Waals surface area contributed by atoms with Gasteiger partial charge in [-0.15, -0.1) is 0 Å². The van der Waals surface area contributed by atoms with Crippen molar-refractivity contribution >= 4 is 22.4 Å². The summed E-state index contributed by atoms with van der Waals surface area (Å²) in [5.74, 6) is -0.336. The second-order valence-corrected chi connectivity index (χ2v) is 7.39. The van der Waals surface area contributed by atoms with Gasteiger partial charge >= 0.3 is 0 Å². The largest absolute Gasteiger partial charge is 0.394 e. The fraction of sp³-hybridized carbons (Fsp3) is 0.261. The van der Waals surface area contributed by atoms with Gasteiger partial charge in [-0.2, -0.15) is 0 Å². The van der Waals surface area contributed by atoms with Crippen LogP contribution in [0.3, 0.4) is 0 Å². The standard InChI is InChI=1S/C23H23NO6/c25-12-18-19(26)20(27)21(28)22(30-18)15-6-3-7-16(10-15)23(29)24-17-9-8-13-4-1-2-5-14(13)11-17/h1-11,18-22,25-28H,12H2,(H,24,29)/t18-,19-,20+,21+,22-/m1/s1. The topological polar surface area (TPSA) is 119 Å². The molecule has 1 amide bonds. The Kier molecular flexibility index (Phi) is 5.80. The molecule has 1 aliphatic rings. The van der Waals surface area contributed by atoms with Crippen LogP contribution < -0.4 is 5.32 Å². The Morgan fingerprint density at radius 2 is 1.63 bits per heavy atom. The fourth-order valence-corrected chi connectivity index (χ4v) is 3.70. The molecule has 7 nitrogen and oxygen atoms in total. The lowest BCUT2D eigenvalue weighted by Gasteiger charge is -2.40. The van der Waals surface area contributed by atoms with Gasteiger partial charge in [-0.3, -0.25) is 4.79 Å². The molecule has 5 atom stereocenters. The van der Waals surface area contributed by atoms with Crippen molar-refractivity contribution in [3.8, 4) is 0 Å². The Hall–Kier alpha value is -2.81. The van der Waals surface area contributed by atoms with E-state index < -0.39 is 37.1 Å². The lowest BCUT2D eigenvalue weighted by molar-refractivity contribution is -0.231. The summed E-state index contributed by atoms with van der Waals surface area (Å²) in [7, 11) is 0. The minimum absolute atomic E-state index is 0.336. The third-order valence-corrected chi connectivity index (χ3v) is 5.38. The zero-order valence-electron chi connectivity index (χ0n) is 16.1. The van der Waals surface area contributed by atoms with Crippen molar-refractivity contribution in [2.24, 2.45) is 0 Å². The first-order valence-corrected chi connectivity index (χ1v) is 9.68. The van der Waals surface area contributed by atoms with E-state index in [1.165, 1.54) is 0 Å². The van der Waals surface area contributed by atoms with E-state index >= 15 is 0 Å². The van der Waals surface area contributed by atoms with E-state index in [1.807, 2.05) is 42.5 Å². The SMILES string of the molecule is O=C(Nc1ccc2ccccc2c1)c1cccc([C@H]2O[C@H](CO)[C@@H](O)[C@H](O)[C@@H]2O)c1. The zero-order valence-corrected chi connectivity index (χ0v) is 16.1. The average molecular weight is 409 g/mol. The summed E-state index contributed by atoms with van der Waals surface area (Å²) in [6.45, 7) is -0.510. The van der Waals surface area contributed by atoms with Gasteiger partial charge in [0.15, 0.2) is 0 Å². The van der Waals surface area contributed by atoms with E-state index in [0.717, 1.165) is 10.8 Å². The summed E-state index contributed by atoms with van der Waals surface area (Å²) in [6.07, 6.45) is -6.31. The third-order valence-electron chi connectivity index (χ3n) is 5.38. The third kappa shape index (κ3) is 3.94. The molecule has 0 unspecified atom stereocenters. The lowest BCUT2D eigenvalue weighted by atomic mass is 9.90. The number of nitrogens with one attached hydrogen (secondary N) is 1. The number of carbonyl (C=O) groups is 1. The summed E-state index contributed by atoms with van der Waals surface area (Å²) in [5.41, 5.74) is 1.45. The molecule has 0 saturated carbocycles. The van der Waals surface area contributed by atoms with Crippen LogP contribution in [0.25, 0.3) is 10.8 Å². The number of ether oxygens (including phenoxy) is 1. The predicted octanol–water partition coefficient (Wildman–Crippen LogP) is 1.61. The first kappa shape index (κ1) is 20.5. The van der Waals surface area contributed by atoms with Crippen molar-refractivity contribution in [3.63, 3.8) is 0 Å². The Morgan fingerprint density at radius 3 is 2.40 bits per heavy atom. The molecule has 3 aromatic carbocycles. The van der Waals surface area contributed by atoms with Crippen molar-refractivity contribution in [3.05, 3.63) is 77.9 Å². The molecule has 1 fully saturated rings. The quantitative estimate of drug-likeness (QED) is 0.447. The van der Waals surface area contributed by atoms with Crippen LogP contribution in [0.4, 0.5) is 5.69 Å². The number of fused-ring (bicyclic) bond motifs is 1. The number of carbonyl (C=O) groups excluding carboxylic acids is 1. The van der Waals surface area contributed by atoms with E-state index in [1.54, 1.807) is 24.3 Å². The van der Waals surface area contributed by atoms with Crippen LogP contribution in [-0.4, -0.2) is 57.4 Å². The molecule has 1 aliphatic heterocycles. The Bertz CT molecular complexity index is 1050. The van der Waals surface area contributed by atoms with Crippen LogP contribution in [0.15, 0.2) is 66.7 Å². The number of hydrogen-bond acceptors (Lipinski definition) is 6. The molecular formula is C23H23NO6. The molecule has 156 valence electrons. The molecule has 5 N–H and O–H groups in total. The van der Waals surface area contributed by atoms with Gasteiger partial charge < -0.3 is 30.5 Å². The summed E-state index contributed by atoms with van der Waals surface area (Å²) >= 11 is 0. The van der Waals surface area contributed by atoms with Crippen molar-refractivity contribution in [1.29, 1.82) is 0 Å². The van der Waals surface area contributed by atoms with E-state index in [4.69, 9.17) is 4.74 Å². The molecular weight excluding hydrogens is 386 g/mol. The van der Waals surface area contributed by atoms with Gasteiger partial charge in [-0.1, -0.05) is 42.5 Å². The number of rotatable bonds is 4. The highest BCUT2D eigenvalue weighted by Crippen LogP contribution is 2.32.